The van der Waals surface area contributed by atoms with E-state index in [9.17, 15) is 26.3 Å². The zero-order valence-corrected chi connectivity index (χ0v) is 16.2. The molecule has 5 rings (SSSR count). The van der Waals surface area contributed by atoms with E-state index >= 15 is 0 Å². The molecule has 4 aliphatic heterocycles. The summed E-state index contributed by atoms with van der Waals surface area (Å²) in [6.07, 6.45) is -9.86. The zero-order chi connectivity index (χ0) is 21.5. The second-order valence-corrected chi connectivity index (χ2v) is 8.89. The van der Waals surface area contributed by atoms with E-state index in [1.54, 1.807) is 0 Å². The first-order valence-electron chi connectivity index (χ1n) is 9.74. The fourth-order valence-electron chi connectivity index (χ4n) is 5.68. The molecule has 4 heterocycles. The van der Waals surface area contributed by atoms with E-state index in [1.165, 1.54) is 13.8 Å². The maximum atomic E-state index is 14.2. The van der Waals surface area contributed by atoms with Gasteiger partial charge in [-0.15, -0.1) is 0 Å². The summed E-state index contributed by atoms with van der Waals surface area (Å²) in [6.45, 7) is 2.61. The molecule has 0 amide bonds. The second kappa shape index (κ2) is 6.44. The van der Waals surface area contributed by atoms with Crippen LogP contribution in [-0.2, 0) is 24.0 Å². The van der Waals surface area contributed by atoms with Gasteiger partial charge in [-0.25, -0.2) is 9.78 Å². The molecule has 5 fully saturated rings. The monoisotopic (exact) mass is 434 g/mol. The van der Waals surface area contributed by atoms with Crippen LogP contribution in [0, 0.1) is 23.7 Å². The Balaban J connectivity index is 1.80. The van der Waals surface area contributed by atoms with Crippen molar-refractivity contribution in [1.29, 1.82) is 0 Å². The van der Waals surface area contributed by atoms with Gasteiger partial charge in [0.25, 0.3) is 5.79 Å². The number of hydrogen-bond donors (Lipinski definition) is 0. The summed E-state index contributed by atoms with van der Waals surface area (Å²) in [6, 6.07) is 0. The number of rotatable bonds is 2. The summed E-state index contributed by atoms with van der Waals surface area (Å²) in [7, 11) is 0. The Morgan fingerprint density at radius 3 is 2.24 bits per heavy atom. The third-order valence-electron chi connectivity index (χ3n) is 7.11. The van der Waals surface area contributed by atoms with Crippen molar-refractivity contribution < 1.29 is 50.3 Å². The van der Waals surface area contributed by atoms with Gasteiger partial charge in [0.15, 0.2) is 11.9 Å². The maximum absolute atomic E-state index is 14.2. The van der Waals surface area contributed by atoms with Gasteiger partial charge in [0.2, 0.25) is 5.79 Å². The second-order valence-electron chi connectivity index (χ2n) is 8.89. The highest BCUT2D eigenvalue weighted by molar-refractivity contribution is 5.12. The third-order valence-corrected chi connectivity index (χ3v) is 7.11. The zero-order valence-electron chi connectivity index (χ0n) is 16.2. The molecular weight excluding hydrogens is 410 g/mol. The van der Waals surface area contributed by atoms with Crippen molar-refractivity contribution in [3.63, 3.8) is 0 Å². The highest BCUT2D eigenvalue weighted by Crippen LogP contribution is 2.64. The summed E-state index contributed by atoms with van der Waals surface area (Å²) >= 11 is 0. The number of fused-ring (bicyclic) bond motifs is 2. The minimum absolute atomic E-state index is 0.103. The molecule has 0 aromatic carbocycles. The van der Waals surface area contributed by atoms with E-state index in [2.05, 4.69) is 4.74 Å². The molecule has 1 unspecified atom stereocenters. The number of halogens is 6. The highest BCUT2D eigenvalue weighted by atomic mass is 19.4. The molecule has 5 nitrogen and oxygen atoms in total. The average molecular weight is 434 g/mol. The van der Waals surface area contributed by atoms with E-state index in [-0.39, 0.29) is 11.8 Å². The quantitative estimate of drug-likeness (QED) is 0.466. The van der Waals surface area contributed by atoms with Crippen molar-refractivity contribution in [3.05, 3.63) is 0 Å². The van der Waals surface area contributed by atoms with Crippen LogP contribution in [0.5, 0.6) is 0 Å². The van der Waals surface area contributed by atoms with Crippen molar-refractivity contribution in [2.24, 2.45) is 23.7 Å². The Morgan fingerprint density at radius 1 is 0.931 bits per heavy atom. The van der Waals surface area contributed by atoms with Crippen LogP contribution in [0.25, 0.3) is 0 Å². The lowest BCUT2D eigenvalue weighted by Gasteiger charge is -2.62. The number of hydrogen-bond acceptors (Lipinski definition) is 5. The molecule has 1 saturated carbocycles. The molecule has 0 aromatic rings. The molecule has 1 spiro atoms. The van der Waals surface area contributed by atoms with E-state index in [4.69, 9.17) is 19.2 Å². The minimum Gasteiger partial charge on any atom is -0.333 e. The largest absolute Gasteiger partial charge is 0.443 e. The Labute approximate surface area is 163 Å². The van der Waals surface area contributed by atoms with Crippen LogP contribution >= 0.6 is 0 Å². The summed E-state index contributed by atoms with van der Waals surface area (Å²) in [5.41, 5.74) is -1.33. The lowest BCUT2D eigenvalue weighted by atomic mass is 9.57. The fourth-order valence-corrected chi connectivity index (χ4v) is 5.68. The number of ether oxygens (including phenoxy) is 3. The van der Waals surface area contributed by atoms with Crippen molar-refractivity contribution in [2.45, 2.75) is 82.3 Å². The first kappa shape index (κ1) is 21.6. The molecule has 0 N–H and O–H groups in total. The third kappa shape index (κ3) is 3.10. The van der Waals surface area contributed by atoms with Gasteiger partial charge in [0, 0.05) is 18.3 Å². The first-order valence-corrected chi connectivity index (χ1v) is 9.74. The van der Waals surface area contributed by atoms with E-state index in [1.807, 2.05) is 6.92 Å². The summed E-state index contributed by atoms with van der Waals surface area (Å²) < 4.78 is 96.5. The van der Waals surface area contributed by atoms with Gasteiger partial charge in [-0.05, 0) is 38.0 Å². The van der Waals surface area contributed by atoms with Gasteiger partial charge in [-0.2, -0.15) is 26.3 Å². The van der Waals surface area contributed by atoms with Crippen molar-refractivity contribution in [2.75, 3.05) is 6.61 Å². The van der Waals surface area contributed by atoms with Crippen LogP contribution in [-0.4, -0.2) is 42.4 Å². The molecule has 0 radical (unpaired) electrons. The number of alkyl halides is 6. The fraction of sp³-hybridized carbons (Fsp3) is 1.00. The summed E-state index contributed by atoms with van der Waals surface area (Å²) in [5, 5.41) is 0. The lowest BCUT2D eigenvalue weighted by molar-refractivity contribution is -0.599. The van der Waals surface area contributed by atoms with E-state index in [0.29, 0.717) is 25.7 Å². The van der Waals surface area contributed by atoms with E-state index in [0.717, 1.165) is 0 Å². The standard InChI is InChI=1S/C18H24F6O5/c1-9-4-5-12-10(2)17(18(22,23)24,25-8-15(19,20)21)27-13-16(12)11(9)6-7-14(3,26-13)28-29-16/h9-13H,4-8H2,1-3H3/t9-,10-,11+,12+,13+,14+,16?,17-/m1/s1. The highest BCUT2D eigenvalue weighted by Gasteiger charge is 2.77. The molecular formula is C18H24F6O5. The van der Waals surface area contributed by atoms with Crippen LogP contribution in [0.15, 0.2) is 0 Å². The molecule has 168 valence electrons. The van der Waals surface area contributed by atoms with Crippen molar-refractivity contribution in [3.8, 4) is 0 Å². The van der Waals surface area contributed by atoms with Gasteiger partial charge in [-0.3, -0.25) is 0 Å². The topological polar surface area (TPSA) is 46.2 Å². The van der Waals surface area contributed by atoms with E-state index < -0.39 is 54.3 Å². The molecule has 4 saturated heterocycles. The SMILES string of the molecule is C[C@@H]1CC[C@H]2[C@@H](C)[C@](OCC(F)(F)F)(C(F)(F)F)O[C@@H]3O[C@]4(C)CC[C@@H]1C32OO4. The molecule has 5 aliphatic rings. The Morgan fingerprint density at radius 2 is 1.62 bits per heavy atom. The van der Waals surface area contributed by atoms with Crippen molar-refractivity contribution in [1.82, 2.24) is 0 Å². The average Bonchev–Trinajstić information content (AvgIpc) is 2.81. The smallest absolute Gasteiger partial charge is 0.333 e. The van der Waals surface area contributed by atoms with Crippen LogP contribution in [0.3, 0.4) is 0 Å². The summed E-state index contributed by atoms with van der Waals surface area (Å²) in [4.78, 5) is 11.2. The van der Waals surface area contributed by atoms with Crippen LogP contribution in [0.1, 0.15) is 46.5 Å². The Kier molecular flexibility index (Phi) is 4.80. The first-order chi connectivity index (χ1) is 13.2. The van der Waals surface area contributed by atoms with Gasteiger partial charge >= 0.3 is 12.4 Å². The maximum Gasteiger partial charge on any atom is 0.443 e. The molecule has 1 aliphatic carbocycles. The van der Waals surface area contributed by atoms with Gasteiger partial charge in [-0.1, -0.05) is 13.8 Å². The Hall–Kier alpha value is -0.620. The van der Waals surface area contributed by atoms with Crippen LogP contribution in [0.4, 0.5) is 26.3 Å². The van der Waals surface area contributed by atoms with Crippen molar-refractivity contribution >= 4 is 0 Å². The normalized spacial score (nSPS) is 50.2. The minimum atomic E-state index is -5.21. The Bertz CT molecular complexity index is 656. The van der Waals surface area contributed by atoms with Gasteiger partial charge in [0.05, 0.1) is 0 Å². The predicted octanol–water partition coefficient (Wildman–Crippen LogP) is 4.71. The molecule has 11 heteroatoms. The van der Waals surface area contributed by atoms with Crippen LogP contribution in [0.2, 0.25) is 0 Å². The lowest BCUT2D eigenvalue weighted by Crippen LogP contribution is -2.76. The predicted molar refractivity (Wildman–Crippen MR) is 83.8 cm³/mol. The van der Waals surface area contributed by atoms with Crippen LogP contribution < -0.4 is 0 Å². The molecule has 0 aromatic heterocycles. The molecule has 2 bridgehead atoms. The molecule has 8 atom stereocenters. The van der Waals surface area contributed by atoms with Gasteiger partial charge in [0.1, 0.15) is 6.61 Å². The summed E-state index contributed by atoms with van der Waals surface area (Å²) in [5.74, 6) is -7.21. The van der Waals surface area contributed by atoms with Gasteiger partial charge < -0.3 is 14.2 Å². The molecule has 29 heavy (non-hydrogen) atoms.